The molecule has 28 heavy (non-hydrogen) atoms. The Morgan fingerprint density at radius 2 is 1.82 bits per heavy atom. The van der Waals surface area contributed by atoms with E-state index in [4.69, 9.17) is 9.72 Å². The number of para-hydroxylation sites is 2. The van der Waals surface area contributed by atoms with Crippen molar-refractivity contribution in [2.45, 2.75) is 20.8 Å². The van der Waals surface area contributed by atoms with Crippen LogP contribution >= 0.6 is 11.3 Å². The maximum Gasteiger partial charge on any atom is 0.263 e. The van der Waals surface area contributed by atoms with Crippen LogP contribution in [0.25, 0.3) is 10.2 Å². The lowest BCUT2D eigenvalue weighted by molar-refractivity contribution is 0.0981. The summed E-state index contributed by atoms with van der Waals surface area (Å²) >= 11 is 1.56. The molecule has 1 amide bonds. The molecule has 0 N–H and O–H groups in total. The van der Waals surface area contributed by atoms with Crippen molar-refractivity contribution in [3.8, 4) is 5.75 Å². The Morgan fingerprint density at radius 1 is 1.07 bits per heavy atom. The Labute approximate surface area is 170 Å². The van der Waals surface area contributed by atoms with E-state index in [0.29, 0.717) is 17.9 Å². The largest absolute Gasteiger partial charge is 0.496 e. The van der Waals surface area contributed by atoms with Crippen LogP contribution in [0.5, 0.6) is 5.75 Å². The Hall–Kier alpha value is -2.44. The molecule has 0 unspecified atom stereocenters. The van der Waals surface area contributed by atoms with Crippen LogP contribution in [0.3, 0.4) is 0 Å². The van der Waals surface area contributed by atoms with Gasteiger partial charge in [0.1, 0.15) is 5.75 Å². The summed E-state index contributed by atoms with van der Waals surface area (Å²) in [7, 11) is 1.59. The second kappa shape index (κ2) is 9.17. The molecule has 1 aromatic heterocycles. The monoisotopic (exact) mass is 397 g/mol. The van der Waals surface area contributed by atoms with E-state index < -0.39 is 0 Å². The fourth-order valence-electron chi connectivity index (χ4n) is 3.22. The van der Waals surface area contributed by atoms with Crippen molar-refractivity contribution < 1.29 is 9.53 Å². The lowest BCUT2D eigenvalue weighted by atomic mass is 10.1. The first-order valence-electron chi connectivity index (χ1n) is 9.62. The second-order valence-corrected chi connectivity index (χ2v) is 7.61. The smallest absolute Gasteiger partial charge is 0.263 e. The van der Waals surface area contributed by atoms with Crippen molar-refractivity contribution in [2.24, 2.45) is 0 Å². The number of thiazole rings is 1. The van der Waals surface area contributed by atoms with Gasteiger partial charge in [0.25, 0.3) is 5.91 Å². The van der Waals surface area contributed by atoms with E-state index in [0.717, 1.165) is 40.5 Å². The number of hydrogen-bond acceptors (Lipinski definition) is 5. The summed E-state index contributed by atoms with van der Waals surface area (Å²) in [5, 5.41) is 0.729. The molecule has 2 aromatic carbocycles. The minimum Gasteiger partial charge on any atom is -0.496 e. The number of aromatic nitrogens is 1. The number of likely N-dealkylation sites (N-methyl/N-ethyl adjacent to an activating group) is 1. The summed E-state index contributed by atoms with van der Waals surface area (Å²) in [6.45, 7) is 9.60. The lowest BCUT2D eigenvalue weighted by Crippen LogP contribution is -2.39. The average Bonchev–Trinajstić information content (AvgIpc) is 3.16. The molecule has 0 spiro atoms. The summed E-state index contributed by atoms with van der Waals surface area (Å²) in [4.78, 5) is 22.4. The minimum absolute atomic E-state index is 0.0821. The number of rotatable bonds is 8. The highest BCUT2D eigenvalue weighted by atomic mass is 32.1. The number of benzene rings is 2. The summed E-state index contributed by atoms with van der Waals surface area (Å²) in [6, 6.07) is 13.5. The fourth-order valence-corrected chi connectivity index (χ4v) is 4.29. The third-order valence-corrected chi connectivity index (χ3v) is 6.00. The third-order valence-electron chi connectivity index (χ3n) is 4.96. The van der Waals surface area contributed by atoms with Gasteiger partial charge in [0.05, 0.1) is 22.9 Å². The van der Waals surface area contributed by atoms with Gasteiger partial charge in [-0.05, 0) is 43.8 Å². The van der Waals surface area contributed by atoms with E-state index in [1.807, 2.05) is 43.3 Å². The number of carbonyl (C=O) groups is 1. The molecule has 3 aromatic rings. The predicted molar refractivity (Wildman–Crippen MR) is 117 cm³/mol. The van der Waals surface area contributed by atoms with E-state index in [1.165, 1.54) is 0 Å². The van der Waals surface area contributed by atoms with Gasteiger partial charge in [-0.2, -0.15) is 0 Å². The van der Waals surface area contributed by atoms with Crippen LogP contribution in [0, 0.1) is 6.92 Å². The van der Waals surface area contributed by atoms with Gasteiger partial charge < -0.3 is 9.64 Å². The zero-order chi connectivity index (χ0) is 20.1. The molecule has 148 valence electrons. The number of carbonyl (C=O) groups excluding carboxylic acids is 1. The highest BCUT2D eigenvalue weighted by Crippen LogP contribution is 2.32. The molecular formula is C22H27N3O2S. The number of amides is 1. The minimum atomic E-state index is -0.0821. The summed E-state index contributed by atoms with van der Waals surface area (Å²) < 4.78 is 6.52. The normalized spacial score (nSPS) is 11.2. The molecule has 0 bridgehead atoms. The molecule has 0 saturated carbocycles. The fraction of sp³-hybridized carbons (Fsp3) is 0.364. The van der Waals surface area contributed by atoms with Crippen molar-refractivity contribution >= 4 is 32.6 Å². The number of anilines is 1. The molecule has 5 nitrogen and oxygen atoms in total. The van der Waals surface area contributed by atoms with Crippen molar-refractivity contribution in [1.29, 1.82) is 0 Å². The number of fused-ring (bicyclic) bond motifs is 1. The molecular weight excluding hydrogens is 370 g/mol. The Bertz CT molecular complexity index is 950. The zero-order valence-electron chi connectivity index (χ0n) is 16.9. The highest BCUT2D eigenvalue weighted by Gasteiger charge is 2.24. The first-order valence-corrected chi connectivity index (χ1v) is 10.4. The summed E-state index contributed by atoms with van der Waals surface area (Å²) in [5.41, 5.74) is 2.64. The van der Waals surface area contributed by atoms with E-state index in [9.17, 15) is 4.79 Å². The predicted octanol–water partition coefficient (Wildman–Crippen LogP) is 4.60. The van der Waals surface area contributed by atoms with Crippen LogP contribution in [-0.2, 0) is 0 Å². The van der Waals surface area contributed by atoms with Crippen LogP contribution in [-0.4, -0.2) is 49.1 Å². The van der Waals surface area contributed by atoms with Gasteiger partial charge in [0, 0.05) is 13.1 Å². The molecule has 1 heterocycles. The number of aryl methyl sites for hydroxylation is 1. The van der Waals surface area contributed by atoms with Gasteiger partial charge in [-0.3, -0.25) is 9.69 Å². The van der Waals surface area contributed by atoms with Gasteiger partial charge in [0.15, 0.2) is 5.13 Å². The Balaban J connectivity index is 2.00. The maximum absolute atomic E-state index is 13.5. The second-order valence-electron chi connectivity index (χ2n) is 6.60. The van der Waals surface area contributed by atoms with E-state index >= 15 is 0 Å². The molecule has 0 aliphatic rings. The van der Waals surface area contributed by atoms with Crippen molar-refractivity contribution in [2.75, 3.05) is 38.2 Å². The Kier molecular flexibility index (Phi) is 6.65. The van der Waals surface area contributed by atoms with Crippen molar-refractivity contribution in [3.05, 3.63) is 53.6 Å². The van der Waals surface area contributed by atoms with Crippen LogP contribution in [0.1, 0.15) is 29.8 Å². The number of nitrogens with zero attached hydrogens (tertiary/aromatic N) is 3. The first kappa shape index (κ1) is 20.3. The zero-order valence-corrected chi connectivity index (χ0v) is 17.8. The standard InChI is InChI=1S/C22H27N3O2S/c1-5-24(6-2)14-15-25(21(26)17-11-7-8-12-18(17)27-4)22-23-20-16(3)10-9-13-19(20)28-22/h7-13H,5-6,14-15H2,1-4H3. The summed E-state index contributed by atoms with van der Waals surface area (Å²) in [6.07, 6.45) is 0. The van der Waals surface area contributed by atoms with E-state index in [1.54, 1.807) is 23.3 Å². The van der Waals surface area contributed by atoms with E-state index in [-0.39, 0.29) is 5.91 Å². The van der Waals surface area contributed by atoms with Crippen LogP contribution in [0.2, 0.25) is 0 Å². The molecule has 3 rings (SSSR count). The number of methoxy groups -OCH3 is 1. The van der Waals surface area contributed by atoms with E-state index in [2.05, 4.69) is 24.8 Å². The van der Waals surface area contributed by atoms with Gasteiger partial charge in [-0.25, -0.2) is 4.98 Å². The molecule has 0 saturated heterocycles. The van der Waals surface area contributed by atoms with Gasteiger partial charge in [-0.15, -0.1) is 0 Å². The highest BCUT2D eigenvalue weighted by molar-refractivity contribution is 7.22. The SMILES string of the molecule is CCN(CC)CCN(C(=O)c1ccccc1OC)c1nc2c(C)cccc2s1. The quantitative estimate of drug-likeness (QED) is 0.557. The molecule has 0 radical (unpaired) electrons. The third kappa shape index (κ3) is 4.18. The molecule has 6 heteroatoms. The molecule has 0 fully saturated rings. The van der Waals surface area contributed by atoms with Gasteiger partial charge in [0.2, 0.25) is 0 Å². The van der Waals surface area contributed by atoms with Crippen LogP contribution < -0.4 is 9.64 Å². The summed E-state index contributed by atoms with van der Waals surface area (Å²) in [5.74, 6) is 0.499. The maximum atomic E-state index is 13.5. The molecule has 0 aliphatic heterocycles. The van der Waals surface area contributed by atoms with Crippen molar-refractivity contribution in [1.82, 2.24) is 9.88 Å². The topological polar surface area (TPSA) is 45.7 Å². The van der Waals surface area contributed by atoms with Gasteiger partial charge in [-0.1, -0.05) is 49.4 Å². The molecule has 0 aliphatic carbocycles. The lowest BCUT2D eigenvalue weighted by Gasteiger charge is -2.25. The van der Waals surface area contributed by atoms with Gasteiger partial charge >= 0.3 is 0 Å². The van der Waals surface area contributed by atoms with Crippen LogP contribution in [0.4, 0.5) is 5.13 Å². The average molecular weight is 398 g/mol. The number of ether oxygens (including phenoxy) is 1. The molecule has 0 atom stereocenters. The number of hydrogen-bond donors (Lipinski definition) is 0. The Morgan fingerprint density at radius 3 is 2.50 bits per heavy atom. The first-order chi connectivity index (χ1) is 13.6. The van der Waals surface area contributed by atoms with Crippen LogP contribution in [0.15, 0.2) is 42.5 Å². The van der Waals surface area contributed by atoms with Crippen molar-refractivity contribution in [3.63, 3.8) is 0 Å².